The van der Waals surface area contributed by atoms with Crippen LogP contribution in [-0.4, -0.2) is 15.0 Å². The Kier molecular flexibility index (Phi) is 3.02. The minimum absolute atomic E-state index is 0.897. The number of hydrogen-bond acceptors (Lipinski definition) is 3. The van der Waals surface area contributed by atoms with Gasteiger partial charge in [0.2, 0.25) is 0 Å². The fourth-order valence-corrected chi connectivity index (χ4v) is 2.01. The van der Waals surface area contributed by atoms with Gasteiger partial charge < -0.3 is 0 Å². The van der Waals surface area contributed by atoms with Crippen molar-refractivity contribution in [3.8, 4) is 0 Å². The lowest BCUT2D eigenvalue weighted by Gasteiger charge is -2.02. The maximum atomic E-state index is 4.32. The summed E-state index contributed by atoms with van der Waals surface area (Å²) in [6.07, 6.45) is 9.07. The molecule has 0 N–H and O–H groups in total. The third-order valence-electron chi connectivity index (χ3n) is 2.98. The second-order valence-corrected chi connectivity index (χ2v) is 4.37. The lowest BCUT2D eigenvalue weighted by atomic mass is 10.1. The molecule has 3 aromatic rings. The van der Waals surface area contributed by atoms with Crippen LogP contribution in [0.3, 0.4) is 0 Å². The summed E-state index contributed by atoms with van der Waals surface area (Å²) < 4.78 is 0. The summed E-state index contributed by atoms with van der Waals surface area (Å²) in [5, 5.41) is 1.14. The maximum Gasteiger partial charge on any atom is 0.0842 e. The summed E-state index contributed by atoms with van der Waals surface area (Å²) in [5.74, 6) is 0. The van der Waals surface area contributed by atoms with Crippen LogP contribution in [0.4, 0.5) is 0 Å². The highest BCUT2D eigenvalue weighted by molar-refractivity contribution is 5.85. The fraction of sp³-hybridized carbons (Fsp3) is 0.0625. The second kappa shape index (κ2) is 4.98. The van der Waals surface area contributed by atoms with E-state index in [9.17, 15) is 0 Å². The van der Waals surface area contributed by atoms with Crippen molar-refractivity contribution in [2.75, 3.05) is 0 Å². The molecule has 0 atom stereocenters. The SMILES string of the molecule is C/C(=C/c1ccc2ncccc2c1)c1cnccn1. The van der Waals surface area contributed by atoms with Crippen molar-refractivity contribution >= 4 is 22.6 Å². The average Bonchev–Trinajstić information content (AvgIpc) is 2.48. The standard InChI is InChI=1S/C16H13N3/c1-12(16-11-17-7-8-19-16)9-13-4-5-15-14(10-13)3-2-6-18-15/h2-11H,1H3/b12-9-. The number of hydrogen-bond donors (Lipinski definition) is 0. The minimum Gasteiger partial charge on any atom is -0.261 e. The first-order chi connectivity index (χ1) is 9.33. The van der Waals surface area contributed by atoms with Gasteiger partial charge in [0.15, 0.2) is 0 Å². The van der Waals surface area contributed by atoms with Crippen molar-refractivity contribution in [3.63, 3.8) is 0 Å². The summed E-state index contributed by atoms with van der Waals surface area (Å²) in [4.78, 5) is 12.7. The van der Waals surface area contributed by atoms with Crippen molar-refractivity contribution in [1.29, 1.82) is 0 Å². The van der Waals surface area contributed by atoms with Crippen molar-refractivity contribution in [3.05, 3.63) is 66.4 Å². The average molecular weight is 247 g/mol. The van der Waals surface area contributed by atoms with E-state index in [-0.39, 0.29) is 0 Å². The fourth-order valence-electron chi connectivity index (χ4n) is 2.01. The molecule has 3 nitrogen and oxygen atoms in total. The third kappa shape index (κ3) is 2.50. The predicted octanol–water partition coefficient (Wildman–Crippen LogP) is 3.59. The molecule has 2 heterocycles. The molecule has 0 unspecified atom stereocenters. The molecular formula is C16H13N3. The zero-order valence-electron chi connectivity index (χ0n) is 10.6. The normalized spacial score (nSPS) is 11.7. The van der Waals surface area contributed by atoms with E-state index in [1.807, 2.05) is 25.3 Å². The van der Waals surface area contributed by atoms with Crippen molar-refractivity contribution in [2.45, 2.75) is 6.92 Å². The van der Waals surface area contributed by atoms with Crippen LogP contribution in [0.1, 0.15) is 18.2 Å². The molecule has 3 heteroatoms. The number of allylic oxidation sites excluding steroid dienone is 1. The molecule has 0 radical (unpaired) electrons. The Morgan fingerprint density at radius 2 is 2.00 bits per heavy atom. The van der Waals surface area contributed by atoms with Crippen molar-refractivity contribution in [1.82, 2.24) is 15.0 Å². The van der Waals surface area contributed by atoms with E-state index in [2.05, 4.69) is 39.2 Å². The van der Waals surface area contributed by atoms with E-state index in [1.54, 1.807) is 18.6 Å². The Morgan fingerprint density at radius 3 is 2.84 bits per heavy atom. The van der Waals surface area contributed by atoms with Crippen LogP contribution in [0, 0.1) is 0 Å². The summed E-state index contributed by atoms with van der Waals surface area (Å²) in [6, 6.07) is 10.2. The first-order valence-electron chi connectivity index (χ1n) is 6.12. The van der Waals surface area contributed by atoms with E-state index in [0.29, 0.717) is 0 Å². The quantitative estimate of drug-likeness (QED) is 0.694. The van der Waals surface area contributed by atoms with Gasteiger partial charge in [0.05, 0.1) is 17.4 Å². The Labute approximate surface area is 111 Å². The van der Waals surface area contributed by atoms with E-state index < -0.39 is 0 Å². The van der Waals surface area contributed by atoms with Crippen LogP contribution >= 0.6 is 0 Å². The molecule has 0 bridgehead atoms. The number of benzene rings is 1. The minimum atomic E-state index is 0.897. The number of rotatable bonds is 2. The molecular weight excluding hydrogens is 234 g/mol. The molecule has 1 aromatic carbocycles. The molecule has 0 fully saturated rings. The summed E-state index contributed by atoms with van der Waals surface area (Å²) in [5.41, 5.74) is 4.14. The predicted molar refractivity (Wildman–Crippen MR) is 77.3 cm³/mol. The Bertz CT molecular complexity index is 733. The van der Waals surface area contributed by atoms with Gasteiger partial charge in [-0.15, -0.1) is 0 Å². The Balaban J connectivity index is 2.01. The number of fused-ring (bicyclic) bond motifs is 1. The van der Waals surface area contributed by atoms with E-state index >= 15 is 0 Å². The van der Waals surface area contributed by atoms with Gasteiger partial charge in [-0.05, 0) is 42.3 Å². The van der Waals surface area contributed by atoms with Crippen LogP contribution in [0.25, 0.3) is 22.6 Å². The number of nitrogens with zero attached hydrogens (tertiary/aromatic N) is 3. The van der Waals surface area contributed by atoms with E-state index in [1.165, 1.54) is 0 Å². The largest absolute Gasteiger partial charge is 0.261 e. The molecule has 2 aromatic heterocycles. The molecule has 0 saturated heterocycles. The zero-order chi connectivity index (χ0) is 13.1. The summed E-state index contributed by atoms with van der Waals surface area (Å²) in [6.45, 7) is 2.04. The molecule has 0 saturated carbocycles. The highest BCUT2D eigenvalue weighted by atomic mass is 14.8. The molecule has 3 rings (SSSR count). The molecule has 0 aliphatic rings. The topological polar surface area (TPSA) is 38.7 Å². The summed E-state index contributed by atoms with van der Waals surface area (Å²) in [7, 11) is 0. The van der Waals surface area contributed by atoms with Crippen molar-refractivity contribution < 1.29 is 0 Å². The maximum absolute atomic E-state index is 4.32. The molecule has 19 heavy (non-hydrogen) atoms. The van der Waals surface area contributed by atoms with Gasteiger partial charge in [-0.25, -0.2) is 0 Å². The number of pyridine rings is 1. The van der Waals surface area contributed by atoms with Gasteiger partial charge in [0.1, 0.15) is 0 Å². The van der Waals surface area contributed by atoms with Crippen LogP contribution < -0.4 is 0 Å². The molecule has 0 amide bonds. The monoisotopic (exact) mass is 247 g/mol. The van der Waals surface area contributed by atoms with Crippen molar-refractivity contribution in [2.24, 2.45) is 0 Å². The van der Waals surface area contributed by atoms with Gasteiger partial charge in [-0.2, -0.15) is 0 Å². The van der Waals surface area contributed by atoms with Gasteiger partial charge in [0, 0.05) is 24.0 Å². The highest BCUT2D eigenvalue weighted by Crippen LogP contribution is 2.18. The highest BCUT2D eigenvalue weighted by Gasteiger charge is 1.99. The first kappa shape index (κ1) is 11.5. The van der Waals surface area contributed by atoms with E-state index in [0.717, 1.165) is 27.7 Å². The van der Waals surface area contributed by atoms with Gasteiger partial charge in [0.25, 0.3) is 0 Å². The lowest BCUT2D eigenvalue weighted by Crippen LogP contribution is -1.86. The van der Waals surface area contributed by atoms with Crippen LogP contribution in [0.15, 0.2) is 55.1 Å². The molecule has 0 aliphatic heterocycles. The first-order valence-corrected chi connectivity index (χ1v) is 6.12. The third-order valence-corrected chi connectivity index (χ3v) is 2.98. The zero-order valence-corrected chi connectivity index (χ0v) is 10.6. The molecule has 0 spiro atoms. The molecule has 92 valence electrons. The van der Waals surface area contributed by atoms with Crippen LogP contribution in [0.5, 0.6) is 0 Å². The van der Waals surface area contributed by atoms with E-state index in [4.69, 9.17) is 0 Å². The smallest absolute Gasteiger partial charge is 0.0842 e. The number of aromatic nitrogens is 3. The lowest BCUT2D eigenvalue weighted by molar-refractivity contribution is 1.17. The van der Waals surface area contributed by atoms with Crippen LogP contribution in [-0.2, 0) is 0 Å². The van der Waals surface area contributed by atoms with Gasteiger partial charge in [-0.1, -0.05) is 12.1 Å². The van der Waals surface area contributed by atoms with Gasteiger partial charge in [-0.3, -0.25) is 15.0 Å². The summed E-state index contributed by atoms with van der Waals surface area (Å²) >= 11 is 0. The second-order valence-electron chi connectivity index (χ2n) is 4.37. The Hall–Kier alpha value is -2.55. The van der Waals surface area contributed by atoms with Gasteiger partial charge >= 0.3 is 0 Å². The Morgan fingerprint density at radius 1 is 1.05 bits per heavy atom. The van der Waals surface area contributed by atoms with Crippen LogP contribution in [0.2, 0.25) is 0 Å². The molecule has 0 aliphatic carbocycles.